The normalized spacial score (nSPS) is 10.3. The summed E-state index contributed by atoms with van der Waals surface area (Å²) >= 11 is 0. The SMILES string of the molecule is Nc1cc(-c2ccc(OCc3ccccc3)nc2)ncn1. The first-order valence-corrected chi connectivity index (χ1v) is 6.52. The fourth-order valence-electron chi connectivity index (χ4n) is 1.88. The van der Waals surface area contributed by atoms with Gasteiger partial charge >= 0.3 is 0 Å². The van der Waals surface area contributed by atoms with Gasteiger partial charge in [0.05, 0.1) is 5.69 Å². The molecule has 0 spiro atoms. The van der Waals surface area contributed by atoms with Crippen LogP contribution in [0.25, 0.3) is 11.3 Å². The molecular formula is C16H14N4O. The van der Waals surface area contributed by atoms with E-state index in [1.165, 1.54) is 6.33 Å². The van der Waals surface area contributed by atoms with Crippen molar-refractivity contribution in [1.82, 2.24) is 15.0 Å². The van der Waals surface area contributed by atoms with E-state index in [-0.39, 0.29) is 0 Å². The van der Waals surface area contributed by atoms with Crippen molar-refractivity contribution in [1.29, 1.82) is 0 Å². The zero-order valence-electron chi connectivity index (χ0n) is 11.3. The fourth-order valence-corrected chi connectivity index (χ4v) is 1.88. The molecule has 0 saturated heterocycles. The smallest absolute Gasteiger partial charge is 0.213 e. The van der Waals surface area contributed by atoms with Crippen LogP contribution >= 0.6 is 0 Å². The summed E-state index contributed by atoms with van der Waals surface area (Å²) in [5.41, 5.74) is 8.36. The summed E-state index contributed by atoms with van der Waals surface area (Å²) in [5, 5.41) is 0. The van der Waals surface area contributed by atoms with E-state index in [0.29, 0.717) is 18.3 Å². The summed E-state index contributed by atoms with van der Waals surface area (Å²) in [6.45, 7) is 0.494. The molecule has 0 aliphatic carbocycles. The standard InChI is InChI=1S/C16H14N4O/c17-15-8-14(19-11-20-15)13-6-7-16(18-9-13)21-10-12-4-2-1-3-5-12/h1-9,11H,10H2,(H2,17,19,20). The van der Waals surface area contributed by atoms with Crippen LogP contribution in [0.1, 0.15) is 5.56 Å². The molecular weight excluding hydrogens is 264 g/mol. The maximum Gasteiger partial charge on any atom is 0.213 e. The van der Waals surface area contributed by atoms with Gasteiger partial charge in [-0.1, -0.05) is 30.3 Å². The van der Waals surface area contributed by atoms with Crippen molar-refractivity contribution < 1.29 is 4.74 Å². The van der Waals surface area contributed by atoms with Gasteiger partial charge in [-0.2, -0.15) is 0 Å². The first-order valence-electron chi connectivity index (χ1n) is 6.52. The third-order valence-corrected chi connectivity index (χ3v) is 2.95. The number of rotatable bonds is 4. The molecule has 0 aliphatic rings. The molecule has 2 heterocycles. The van der Waals surface area contributed by atoms with Gasteiger partial charge in [0.25, 0.3) is 0 Å². The minimum atomic E-state index is 0.435. The maximum atomic E-state index is 5.64. The van der Waals surface area contributed by atoms with Crippen LogP contribution in [-0.4, -0.2) is 15.0 Å². The van der Waals surface area contributed by atoms with Crippen LogP contribution in [0.4, 0.5) is 5.82 Å². The van der Waals surface area contributed by atoms with E-state index in [9.17, 15) is 0 Å². The minimum absolute atomic E-state index is 0.435. The average molecular weight is 278 g/mol. The summed E-state index contributed by atoms with van der Waals surface area (Å²) in [6, 6.07) is 15.4. The number of benzene rings is 1. The molecule has 0 saturated carbocycles. The van der Waals surface area contributed by atoms with Crippen molar-refractivity contribution in [2.75, 3.05) is 5.73 Å². The molecule has 3 rings (SSSR count). The first kappa shape index (κ1) is 13.1. The third kappa shape index (κ3) is 3.33. The molecule has 2 aromatic heterocycles. The number of anilines is 1. The third-order valence-electron chi connectivity index (χ3n) is 2.95. The van der Waals surface area contributed by atoms with Gasteiger partial charge < -0.3 is 10.5 Å². The van der Waals surface area contributed by atoms with Crippen molar-refractivity contribution in [3.05, 3.63) is 66.6 Å². The van der Waals surface area contributed by atoms with E-state index >= 15 is 0 Å². The second kappa shape index (κ2) is 6.00. The van der Waals surface area contributed by atoms with Crippen LogP contribution in [0.3, 0.4) is 0 Å². The Balaban J connectivity index is 1.69. The Morgan fingerprint density at radius 1 is 0.952 bits per heavy atom. The Kier molecular flexibility index (Phi) is 3.73. The van der Waals surface area contributed by atoms with Gasteiger partial charge in [0.2, 0.25) is 5.88 Å². The molecule has 0 bridgehead atoms. The Labute approximate surface area is 122 Å². The lowest BCUT2D eigenvalue weighted by Crippen LogP contribution is -1.97. The van der Waals surface area contributed by atoms with Gasteiger partial charge in [-0.25, -0.2) is 15.0 Å². The first-order chi connectivity index (χ1) is 10.3. The Hall–Kier alpha value is -2.95. The number of pyridine rings is 1. The van der Waals surface area contributed by atoms with Crippen LogP contribution in [0, 0.1) is 0 Å². The quantitative estimate of drug-likeness (QED) is 0.794. The molecule has 5 nitrogen and oxygen atoms in total. The van der Waals surface area contributed by atoms with Crippen LogP contribution in [0.15, 0.2) is 61.1 Å². The summed E-state index contributed by atoms with van der Waals surface area (Å²) in [6.07, 6.45) is 3.15. The molecule has 2 N–H and O–H groups in total. The zero-order valence-corrected chi connectivity index (χ0v) is 11.3. The molecule has 5 heteroatoms. The number of aromatic nitrogens is 3. The predicted molar refractivity (Wildman–Crippen MR) is 80.4 cm³/mol. The maximum absolute atomic E-state index is 5.64. The van der Waals surface area contributed by atoms with Crippen LogP contribution < -0.4 is 10.5 Å². The number of nitrogens with two attached hydrogens (primary N) is 1. The molecule has 3 aromatic rings. The lowest BCUT2D eigenvalue weighted by molar-refractivity contribution is 0.294. The molecule has 0 unspecified atom stereocenters. The Morgan fingerprint density at radius 2 is 1.81 bits per heavy atom. The molecule has 0 amide bonds. The van der Waals surface area contributed by atoms with Gasteiger partial charge in [0.1, 0.15) is 18.8 Å². The van der Waals surface area contributed by atoms with Crippen molar-refractivity contribution >= 4 is 5.82 Å². The summed E-state index contributed by atoms with van der Waals surface area (Å²) in [7, 11) is 0. The molecule has 0 aliphatic heterocycles. The monoisotopic (exact) mass is 278 g/mol. The highest BCUT2D eigenvalue weighted by molar-refractivity contribution is 5.60. The molecule has 0 radical (unpaired) electrons. The largest absolute Gasteiger partial charge is 0.473 e. The van der Waals surface area contributed by atoms with E-state index in [4.69, 9.17) is 10.5 Å². The predicted octanol–water partition coefficient (Wildman–Crippen LogP) is 2.70. The number of hydrogen-bond acceptors (Lipinski definition) is 5. The van der Waals surface area contributed by atoms with E-state index in [1.807, 2.05) is 42.5 Å². The molecule has 104 valence electrons. The second-order valence-corrected chi connectivity index (χ2v) is 4.49. The Morgan fingerprint density at radius 3 is 2.52 bits per heavy atom. The van der Waals surface area contributed by atoms with Crippen molar-refractivity contribution in [3.8, 4) is 17.1 Å². The van der Waals surface area contributed by atoms with Crippen molar-refractivity contribution in [3.63, 3.8) is 0 Å². The van der Waals surface area contributed by atoms with Gasteiger partial charge in [-0.15, -0.1) is 0 Å². The highest BCUT2D eigenvalue weighted by atomic mass is 16.5. The Bertz CT molecular complexity index is 714. The van der Waals surface area contributed by atoms with Crippen LogP contribution in [0.2, 0.25) is 0 Å². The number of hydrogen-bond donors (Lipinski definition) is 1. The van der Waals surface area contributed by atoms with Crippen LogP contribution in [0.5, 0.6) is 5.88 Å². The molecule has 0 fully saturated rings. The molecule has 21 heavy (non-hydrogen) atoms. The van der Waals surface area contributed by atoms with Crippen molar-refractivity contribution in [2.24, 2.45) is 0 Å². The van der Waals surface area contributed by atoms with Gasteiger partial charge in [0.15, 0.2) is 0 Å². The zero-order chi connectivity index (χ0) is 14.5. The van der Waals surface area contributed by atoms with E-state index < -0.39 is 0 Å². The lowest BCUT2D eigenvalue weighted by Gasteiger charge is -2.06. The molecule has 0 atom stereocenters. The number of ether oxygens (including phenoxy) is 1. The number of nitrogen functional groups attached to an aromatic ring is 1. The summed E-state index contributed by atoms with van der Waals surface area (Å²) in [5.74, 6) is 1.01. The van der Waals surface area contributed by atoms with Gasteiger partial charge in [-0.05, 0) is 11.6 Å². The second-order valence-electron chi connectivity index (χ2n) is 4.49. The minimum Gasteiger partial charge on any atom is -0.473 e. The average Bonchev–Trinajstić information content (AvgIpc) is 2.54. The van der Waals surface area contributed by atoms with E-state index in [1.54, 1.807) is 12.3 Å². The fraction of sp³-hybridized carbons (Fsp3) is 0.0625. The molecule has 1 aromatic carbocycles. The highest BCUT2D eigenvalue weighted by Crippen LogP contribution is 2.19. The van der Waals surface area contributed by atoms with Gasteiger partial charge in [-0.3, -0.25) is 0 Å². The topological polar surface area (TPSA) is 73.9 Å². The number of nitrogens with zero attached hydrogens (tertiary/aromatic N) is 3. The van der Waals surface area contributed by atoms with E-state index in [2.05, 4.69) is 15.0 Å². The van der Waals surface area contributed by atoms with Gasteiger partial charge in [0, 0.05) is 23.9 Å². The van der Waals surface area contributed by atoms with E-state index in [0.717, 1.165) is 16.8 Å². The highest BCUT2D eigenvalue weighted by Gasteiger charge is 2.02. The lowest BCUT2D eigenvalue weighted by atomic mass is 10.2. The summed E-state index contributed by atoms with van der Waals surface area (Å²) < 4.78 is 5.64. The summed E-state index contributed by atoms with van der Waals surface area (Å²) in [4.78, 5) is 12.3. The van der Waals surface area contributed by atoms with Crippen molar-refractivity contribution in [2.45, 2.75) is 6.61 Å². The van der Waals surface area contributed by atoms with Crippen LogP contribution in [-0.2, 0) is 6.61 Å².